The number of benzene rings is 2. The van der Waals surface area contributed by atoms with Gasteiger partial charge in [-0.1, -0.05) is 42.5 Å². The fourth-order valence-corrected chi connectivity index (χ4v) is 3.37. The predicted octanol–water partition coefficient (Wildman–Crippen LogP) is 4.92. The second-order valence-corrected chi connectivity index (χ2v) is 7.81. The smallest absolute Gasteiger partial charge is 0.119 e. The summed E-state index contributed by atoms with van der Waals surface area (Å²) in [4.78, 5) is 2.43. The first-order valence-electron chi connectivity index (χ1n) is 9.50. The quantitative estimate of drug-likeness (QED) is 0.721. The summed E-state index contributed by atoms with van der Waals surface area (Å²) < 4.78 is 5.92. The van der Waals surface area contributed by atoms with Crippen LogP contribution in [0, 0.1) is 0 Å². The Bertz CT molecular complexity index is 701. The third kappa shape index (κ3) is 5.37. The average molecular weight is 351 g/mol. The minimum atomic E-state index is -0.242. The van der Waals surface area contributed by atoms with Crippen molar-refractivity contribution in [2.75, 3.05) is 11.4 Å². The summed E-state index contributed by atoms with van der Waals surface area (Å²) in [7, 11) is 0. The van der Waals surface area contributed by atoms with Crippen LogP contribution in [0.15, 0.2) is 66.7 Å². The van der Waals surface area contributed by atoms with E-state index in [1.54, 1.807) is 0 Å². The van der Waals surface area contributed by atoms with Crippen molar-refractivity contribution in [2.45, 2.75) is 51.3 Å². The van der Waals surface area contributed by atoms with Gasteiger partial charge in [-0.05, 0) is 62.9 Å². The van der Waals surface area contributed by atoms with Crippen LogP contribution in [0.3, 0.4) is 0 Å². The van der Waals surface area contributed by atoms with Crippen molar-refractivity contribution in [3.63, 3.8) is 0 Å². The van der Waals surface area contributed by atoms with Crippen molar-refractivity contribution in [1.29, 1.82) is 0 Å². The summed E-state index contributed by atoms with van der Waals surface area (Å²) in [6.07, 6.45) is 8.22. The number of allylic oxidation sites excluding steroid dienone is 1. The molecule has 0 saturated carbocycles. The van der Waals surface area contributed by atoms with Gasteiger partial charge in [-0.3, -0.25) is 0 Å². The minimum Gasteiger partial charge on any atom is -0.489 e. The number of nitrogens with two attached hydrogens (primary N) is 1. The van der Waals surface area contributed by atoms with Crippen LogP contribution >= 0.6 is 0 Å². The molecular formula is C23H30N2O. The first kappa shape index (κ1) is 18.5. The molecule has 3 heteroatoms. The van der Waals surface area contributed by atoms with Crippen LogP contribution in [0.1, 0.15) is 38.7 Å². The van der Waals surface area contributed by atoms with E-state index in [0.717, 1.165) is 12.3 Å². The fraction of sp³-hybridized carbons (Fsp3) is 0.391. The van der Waals surface area contributed by atoms with Gasteiger partial charge in [-0.15, -0.1) is 0 Å². The zero-order valence-electron chi connectivity index (χ0n) is 15.9. The lowest BCUT2D eigenvalue weighted by atomic mass is 9.97. The van der Waals surface area contributed by atoms with Gasteiger partial charge in [0.25, 0.3) is 0 Å². The van der Waals surface area contributed by atoms with Crippen molar-refractivity contribution in [1.82, 2.24) is 0 Å². The van der Waals surface area contributed by atoms with E-state index in [1.165, 1.54) is 30.5 Å². The first-order chi connectivity index (χ1) is 12.5. The molecule has 26 heavy (non-hydrogen) atoms. The van der Waals surface area contributed by atoms with Gasteiger partial charge in [-0.2, -0.15) is 0 Å². The molecule has 2 aromatic carbocycles. The largest absolute Gasteiger partial charge is 0.489 e. The lowest BCUT2D eigenvalue weighted by Crippen LogP contribution is -2.49. The zero-order chi connectivity index (χ0) is 18.4. The molecule has 1 atom stereocenters. The van der Waals surface area contributed by atoms with Gasteiger partial charge < -0.3 is 15.4 Å². The lowest BCUT2D eigenvalue weighted by Gasteiger charge is -2.38. The van der Waals surface area contributed by atoms with Gasteiger partial charge in [0.2, 0.25) is 0 Å². The number of hydrogen-bond acceptors (Lipinski definition) is 3. The Morgan fingerprint density at radius 2 is 1.81 bits per heavy atom. The molecule has 0 aliphatic heterocycles. The van der Waals surface area contributed by atoms with E-state index in [4.69, 9.17) is 10.5 Å². The van der Waals surface area contributed by atoms with E-state index >= 15 is 0 Å². The van der Waals surface area contributed by atoms with Gasteiger partial charge in [0.05, 0.1) is 0 Å². The third-order valence-electron chi connectivity index (χ3n) is 4.62. The summed E-state index contributed by atoms with van der Waals surface area (Å²) in [5.41, 5.74) is 8.47. The first-order valence-corrected chi connectivity index (χ1v) is 9.50. The molecule has 0 heterocycles. The minimum absolute atomic E-state index is 0.242. The maximum Gasteiger partial charge on any atom is 0.119 e. The summed E-state index contributed by atoms with van der Waals surface area (Å²) in [5, 5.41) is 0. The molecule has 0 saturated heterocycles. The molecule has 0 radical (unpaired) electrons. The maximum absolute atomic E-state index is 6.33. The standard InChI is InChI=1S/C23H30N2O/c1-23(2,24)18-25(20-11-7-4-8-12-20)21-13-15-22(16-14-21)26-17-19-9-5-3-6-10-19/h3,5-7,9-11,13-16,20H,4,8,12,17-18,24H2,1-2H3. The topological polar surface area (TPSA) is 38.5 Å². The highest BCUT2D eigenvalue weighted by molar-refractivity contribution is 5.51. The molecule has 0 amide bonds. The molecule has 0 spiro atoms. The summed E-state index contributed by atoms with van der Waals surface area (Å²) in [6.45, 7) is 5.59. The molecule has 3 nitrogen and oxygen atoms in total. The molecule has 1 aliphatic rings. The van der Waals surface area contributed by atoms with Gasteiger partial charge >= 0.3 is 0 Å². The van der Waals surface area contributed by atoms with E-state index in [0.29, 0.717) is 12.6 Å². The number of ether oxygens (including phenoxy) is 1. The van der Waals surface area contributed by atoms with Crippen molar-refractivity contribution >= 4 is 5.69 Å². The molecule has 0 fully saturated rings. The van der Waals surface area contributed by atoms with Gasteiger partial charge in [-0.25, -0.2) is 0 Å². The molecule has 3 rings (SSSR count). The number of anilines is 1. The molecular weight excluding hydrogens is 320 g/mol. The van der Waals surface area contributed by atoms with Crippen LogP contribution in [-0.2, 0) is 6.61 Å². The van der Waals surface area contributed by atoms with Crippen LogP contribution in [0.2, 0.25) is 0 Å². The second-order valence-electron chi connectivity index (χ2n) is 7.81. The third-order valence-corrected chi connectivity index (χ3v) is 4.62. The van der Waals surface area contributed by atoms with E-state index < -0.39 is 0 Å². The Balaban J connectivity index is 1.70. The molecule has 1 aliphatic carbocycles. The van der Waals surface area contributed by atoms with Crippen LogP contribution in [0.25, 0.3) is 0 Å². The number of rotatable bonds is 7. The Kier molecular flexibility index (Phi) is 6.00. The molecule has 138 valence electrons. The highest BCUT2D eigenvalue weighted by atomic mass is 16.5. The molecule has 2 N–H and O–H groups in total. The number of nitrogens with zero attached hydrogens (tertiary/aromatic N) is 1. The summed E-state index contributed by atoms with van der Waals surface area (Å²) in [5.74, 6) is 0.892. The highest BCUT2D eigenvalue weighted by Gasteiger charge is 2.23. The van der Waals surface area contributed by atoms with Gasteiger partial charge in [0, 0.05) is 23.8 Å². The van der Waals surface area contributed by atoms with E-state index in [1.807, 2.05) is 18.2 Å². The Morgan fingerprint density at radius 1 is 1.08 bits per heavy atom. The monoisotopic (exact) mass is 350 g/mol. The summed E-state index contributed by atoms with van der Waals surface area (Å²) in [6, 6.07) is 19.1. The van der Waals surface area contributed by atoms with Crippen molar-refractivity contribution < 1.29 is 4.74 Å². The normalized spacial score (nSPS) is 17.1. The fourth-order valence-electron chi connectivity index (χ4n) is 3.37. The average Bonchev–Trinajstić information content (AvgIpc) is 2.66. The maximum atomic E-state index is 6.33. The van der Waals surface area contributed by atoms with Gasteiger partial charge in [0.1, 0.15) is 12.4 Å². The van der Waals surface area contributed by atoms with E-state index in [2.05, 4.69) is 67.3 Å². The van der Waals surface area contributed by atoms with Crippen molar-refractivity contribution in [2.24, 2.45) is 5.73 Å². The lowest BCUT2D eigenvalue weighted by molar-refractivity contribution is 0.306. The van der Waals surface area contributed by atoms with Crippen LogP contribution < -0.4 is 15.4 Å². The molecule has 0 bridgehead atoms. The molecule has 2 aromatic rings. The zero-order valence-corrected chi connectivity index (χ0v) is 15.9. The van der Waals surface area contributed by atoms with Crippen molar-refractivity contribution in [3.8, 4) is 5.75 Å². The van der Waals surface area contributed by atoms with Crippen LogP contribution in [0.4, 0.5) is 5.69 Å². The van der Waals surface area contributed by atoms with E-state index in [9.17, 15) is 0 Å². The van der Waals surface area contributed by atoms with Crippen LogP contribution in [-0.4, -0.2) is 18.1 Å². The number of hydrogen-bond donors (Lipinski definition) is 1. The Hall–Kier alpha value is -2.26. The molecule has 0 aromatic heterocycles. The van der Waals surface area contributed by atoms with Crippen molar-refractivity contribution in [3.05, 3.63) is 72.3 Å². The second kappa shape index (κ2) is 8.41. The summed E-state index contributed by atoms with van der Waals surface area (Å²) >= 11 is 0. The highest BCUT2D eigenvalue weighted by Crippen LogP contribution is 2.27. The Labute approximate surface area is 157 Å². The van der Waals surface area contributed by atoms with E-state index in [-0.39, 0.29) is 5.54 Å². The SMILES string of the molecule is CC(C)(N)CN(c1ccc(OCc2ccccc2)cc1)C1C=CCCC1. The van der Waals surface area contributed by atoms with Gasteiger partial charge in [0.15, 0.2) is 0 Å². The van der Waals surface area contributed by atoms with Crippen LogP contribution in [0.5, 0.6) is 5.75 Å². The predicted molar refractivity (Wildman–Crippen MR) is 110 cm³/mol. The Morgan fingerprint density at radius 3 is 2.42 bits per heavy atom. The molecule has 1 unspecified atom stereocenters.